The van der Waals surface area contributed by atoms with Gasteiger partial charge >= 0.3 is 0 Å². The molecular formula is C22H37NO3. The molecule has 2 rings (SSSR count). The number of nitrogens with zero attached hydrogens (tertiary/aromatic N) is 1. The molecule has 1 unspecified atom stereocenters. The number of rotatable bonds is 14. The number of hydrogen-bond donors (Lipinski definition) is 0. The van der Waals surface area contributed by atoms with E-state index < -0.39 is 0 Å². The van der Waals surface area contributed by atoms with Crippen molar-refractivity contribution in [3.63, 3.8) is 0 Å². The Morgan fingerprint density at radius 3 is 2.65 bits per heavy atom. The second-order valence-corrected chi connectivity index (χ2v) is 7.10. The minimum atomic E-state index is 0.509. The highest BCUT2D eigenvalue weighted by Crippen LogP contribution is 2.13. The highest BCUT2D eigenvalue weighted by Gasteiger charge is 2.22. The van der Waals surface area contributed by atoms with Gasteiger partial charge < -0.3 is 14.2 Å². The first-order valence-electron chi connectivity index (χ1n) is 10.5. The largest absolute Gasteiger partial charge is 0.491 e. The quantitative estimate of drug-likeness (QED) is 0.454. The molecule has 4 nitrogen and oxygen atoms in total. The van der Waals surface area contributed by atoms with Gasteiger partial charge in [-0.3, -0.25) is 4.90 Å². The molecule has 0 spiro atoms. The summed E-state index contributed by atoms with van der Waals surface area (Å²) in [5.41, 5.74) is 0. The molecule has 26 heavy (non-hydrogen) atoms. The summed E-state index contributed by atoms with van der Waals surface area (Å²) in [5.74, 6) is 0.905. The van der Waals surface area contributed by atoms with E-state index in [1.165, 1.54) is 45.1 Å². The topological polar surface area (TPSA) is 30.9 Å². The van der Waals surface area contributed by atoms with Crippen molar-refractivity contribution in [3.8, 4) is 5.75 Å². The number of ether oxygens (including phenoxy) is 3. The smallest absolute Gasteiger partial charge is 0.119 e. The summed E-state index contributed by atoms with van der Waals surface area (Å²) in [5, 5.41) is 0. The summed E-state index contributed by atoms with van der Waals surface area (Å²) >= 11 is 0. The summed E-state index contributed by atoms with van der Waals surface area (Å²) in [6.45, 7) is 8.28. The van der Waals surface area contributed by atoms with Crippen molar-refractivity contribution in [2.45, 2.75) is 57.9 Å². The maximum Gasteiger partial charge on any atom is 0.119 e. The molecule has 0 amide bonds. The maximum absolute atomic E-state index is 5.77. The molecule has 1 aromatic carbocycles. The van der Waals surface area contributed by atoms with Gasteiger partial charge in [-0.2, -0.15) is 0 Å². The van der Waals surface area contributed by atoms with Gasteiger partial charge in [0.15, 0.2) is 0 Å². The third-order valence-corrected chi connectivity index (χ3v) is 4.98. The van der Waals surface area contributed by atoms with Crippen LogP contribution in [0.5, 0.6) is 5.75 Å². The summed E-state index contributed by atoms with van der Waals surface area (Å²) < 4.78 is 17.1. The van der Waals surface area contributed by atoms with E-state index in [0.717, 1.165) is 38.5 Å². The lowest BCUT2D eigenvalue weighted by Gasteiger charge is -2.35. The Labute approximate surface area is 159 Å². The molecule has 1 aliphatic heterocycles. The van der Waals surface area contributed by atoms with Gasteiger partial charge in [0.05, 0.1) is 19.8 Å². The number of para-hydroxylation sites is 1. The minimum Gasteiger partial charge on any atom is -0.491 e. The zero-order valence-electron chi connectivity index (χ0n) is 16.5. The molecule has 0 aromatic heterocycles. The van der Waals surface area contributed by atoms with Crippen molar-refractivity contribution in [2.24, 2.45) is 0 Å². The van der Waals surface area contributed by atoms with Crippen LogP contribution < -0.4 is 4.74 Å². The van der Waals surface area contributed by atoms with E-state index in [4.69, 9.17) is 14.2 Å². The average Bonchev–Trinajstić information content (AvgIpc) is 2.69. The first-order chi connectivity index (χ1) is 12.9. The number of morpholine rings is 1. The average molecular weight is 364 g/mol. The van der Waals surface area contributed by atoms with Gasteiger partial charge in [-0.1, -0.05) is 57.2 Å². The van der Waals surface area contributed by atoms with Gasteiger partial charge in [-0.05, 0) is 31.5 Å². The van der Waals surface area contributed by atoms with Gasteiger partial charge in [-0.15, -0.1) is 0 Å². The second kappa shape index (κ2) is 14.0. The van der Waals surface area contributed by atoms with Crippen LogP contribution in [0.1, 0.15) is 51.9 Å². The molecule has 1 atom stereocenters. The Balaban J connectivity index is 1.51. The highest BCUT2D eigenvalue weighted by atomic mass is 16.5. The molecule has 1 heterocycles. The van der Waals surface area contributed by atoms with Gasteiger partial charge in [0, 0.05) is 19.2 Å². The number of hydrogen-bond acceptors (Lipinski definition) is 4. The molecule has 0 N–H and O–H groups in total. The second-order valence-electron chi connectivity index (χ2n) is 7.10. The Kier molecular flexibility index (Phi) is 11.4. The Morgan fingerprint density at radius 2 is 1.81 bits per heavy atom. The molecule has 0 radical (unpaired) electrons. The molecule has 1 aromatic rings. The first-order valence-corrected chi connectivity index (χ1v) is 10.5. The Morgan fingerprint density at radius 1 is 1.00 bits per heavy atom. The van der Waals surface area contributed by atoms with Crippen molar-refractivity contribution in [3.05, 3.63) is 30.3 Å². The van der Waals surface area contributed by atoms with Crippen molar-refractivity contribution in [1.29, 1.82) is 0 Å². The van der Waals surface area contributed by atoms with E-state index in [0.29, 0.717) is 19.3 Å². The Bertz CT molecular complexity index is 440. The van der Waals surface area contributed by atoms with Crippen LogP contribution in [0.25, 0.3) is 0 Å². The van der Waals surface area contributed by atoms with Gasteiger partial charge in [0.1, 0.15) is 12.4 Å². The van der Waals surface area contributed by atoms with Gasteiger partial charge in [0.2, 0.25) is 0 Å². The van der Waals surface area contributed by atoms with E-state index in [1.807, 2.05) is 30.3 Å². The zero-order valence-corrected chi connectivity index (χ0v) is 16.5. The zero-order chi connectivity index (χ0) is 18.3. The van der Waals surface area contributed by atoms with Crippen molar-refractivity contribution < 1.29 is 14.2 Å². The van der Waals surface area contributed by atoms with E-state index in [9.17, 15) is 0 Å². The normalized spacial score (nSPS) is 18.1. The summed E-state index contributed by atoms with van der Waals surface area (Å²) in [7, 11) is 0. The number of benzene rings is 1. The standard InChI is InChI=1S/C22H37NO3/c1-2-3-4-5-6-10-14-23-15-17-25-20-21(23)13-16-24-18-19-26-22-11-8-7-9-12-22/h7-9,11-12,21H,2-6,10,13-20H2,1H3. The van der Waals surface area contributed by atoms with Crippen LogP contribution in [-0.4, -0.2) is 57.1 Å². The molecule has 1 fully saturated rings. The molecule has 4 heteroatoms. The molecule has 0 bridgehead atoms. The predicted molar refractivity (Wildman–Crippen MR) is 107 cm³/mol. The van der Waals surface area contributed by atoms with Crippen LogP contribution in [0.15, 0.2) is 30.3 Å². The molecule has 1 aliphatic rings. The predicted octanol–water partition coefficient (Wildman–Crippen LogP) is 4.53. The number of unbranched alkanes of at least 4 members (excludes halogenated alkanes) is 5. The Hall–Kier alpha value is -1.10. The molecule has 148 valence electrons. The summed E-state index contributed by atoms with van der Waals surface area (Å²) in [6, 6.07) is 10.4. The molecular weight excluding hydrogens is 326 g/mol. The highest BCUT2D eigenvalue weighted by molar-refractivity contribution is 5.20. The first kappa shape index (κ1) is 21.2. The third kappa shape index (κ3) is 9.02. The van der Waals surface area contributed by atoms with Crippen molar-refractivity contribution in [1.82, 2.24) is 4.90 Å². The van der Waals surface area contributed by atoms with Crippen LogP contribution in [0.3, 0.4) is 0 Å². The van der Waals surface area contributed by atoms with Gasteiger partial charge in [-0.25, -0.2) is 0 Å². The maximum atomic E-state index is 5.77. The SMILES string of the molecule is CCCCCCCCN1CCOCC1CCOCCOc1ccccc1. The van der Waals surface area contributed by atoms with Crippen LogP contribution >= 0.6 is 0 Å². The molecule has 0 saturated carbocycles. The monoisotopic (exact) mass is 363 g/mol. The van der Waals surface area contributed by atoms with Crippen LogP contribution in [0.4, 0.5) is 0 Å². The minimum absolute atomic E-state index is 0.509. The fourth-order valence-electron chi connectivity index (χ4n) is 3.40. The van der Waals surface area contributed by atoms with E-state index >= 15 is 0 Å². The van der Waals surface area contributed by atoms with E-state index in [1.54, 1.807) is 0 Å². The lowest BCUT2D eigenvalue weighted by molar-refractivity contribution is -0.0226. The van der Waals surface area contributed by atoms with Gasteiger partial charge in [0.25, 0.3) is 0 Å². The summed E-state index contributed by atoms with van der Waals surface area (Å²) in [4.78, 5) is 2.60. The van der Waals surface area contributed by atoms with Crippen LogP contribution in [0, 0.1) is 0 Å². The van der Waals surface area contributed by atoms with Crippen LogP contribution in [0.2, 0.25) is 0 Å². The fourth-order valence-corrected chi connectivity index (χ4v) is 3.40. The van der Waals surface area contributed by atoms with Crippen molar-refractivity contribution >= 4 is 0 Å². The fraction of sp³-hybridized carbons (Fsp3) is 0.727. The lowest BCUT2D eigenvalue weighted by Crippen LogP contribution is -2.46. The molecule has 1 saturated heterocycles. The van der Waals surface area contributed by atoms with E-state index in [-0.39, 0.29) is 0 Å². The lowest BCUT2D eigenvalue weighted by atomic mass is 10.1. The van der Waals surface area contributed by atoms with Crippen molar-refractivity contribution in [2.75, 3.05) is 46.1 Å². The third-order valence-electron chi connectivity index (χ3n) is 4.98. The van der Waals surface area contributed by atoms with Crippen LogP contribution in [-0.2, 0) is 9.47 Å². The summed E-state index contributed by atoms with van der Waals surface area (Å²) in [6.07, 6.45) is 9.19. The van der Waals surface area contributed by atoms with E-state index in [2.05, 4.69) is 11.8 Å². The molecule has 0 aliphatic carbocycles.